The van der Waals surface area contributed by atoms with Crippen LogP contribution in [0.3, 0.4) is 0 Å². The number of Topliss-reactive ketones (excluding diaryl/α,β-unsaturated/α-hetero) is 1. The van der Waals surface area contributed by atoms with E-state index in [-0.39, 0.29) is 17.4 Å². The number of aryl methyl sites for hydroxylation is 1. The molecule has 162 valence electrons. The highest BCUT2D eigenvalue weighted by molar-refractivity contribution is 6.30. The van der Waals surface area contributed by atoms with E-state index in [1.54, 1.807) is 49.9 Å². The van der Waals surface area contributed by atoms with Crippen LogP contribution in [-0.4, -0.2) is 47.2 Å². The molecule has 1 amide bonds. The normalized spacial score (nSPS) is 12.0. The lowest BCUT2D eigenvalue weighted by Crippen LogP contribution is -2.44. The second-order valence-electron chi connectivity index (χ2n) is 7.84. The lowest BCUT2D eigenvalue weighted by molar-refractivity contribution is 0.0592. The third-order valence-electron chi connectivity index (χ3n) is 5.22. The number of nitrogens with zero attached hydrogens (tertiary/aromatic N) is 1. The Bertz CT molecular complexity index is 931. The lowest BCUT2D eigenvalue weighted by atomic mass is 9.98. The second kappa shape index (κ2) is 9.94. The lowest BCUT2D eigenvalue weighted by Gasteiger charge is -2.29. The first-order chi connectivity index (χ1) is 14.1. The Morgan fingerprint density at radius 2 is 1.70 bits per heavy atom. The Hall–Kier alpha value is -2.60. The highest BCUT2D eigenvalue weighted by atomic mass is 35.5. The molecule has 0 spiro atoms. The zero-order chi connectivity index (χ0) is 22.6. The van der Waals surface area contributed by atoms with E-state index in [1.807, 2.05) is 0 Å². The predicted molar refractivity (Wildman–Crippen MR) is 117 cm³/mol. The van der Waals surface area contributed by atoms with E-state index in [1.165, 1.54) is 7.11 Å². The summed E-state index contributed by atoms with van der Waals surface area (Å²) >= 11 is 5.95. The third-order valence-corrected chi connectivity index (χ3v) is 5.47. The van der Waals surface area contributed by atoms with Crippen molar-refractivity contribution in [1.29, 1.82) is 0 Å². The van der Waals surface area contributed by atoms with Crippen LogP contribution in [0.15, 0.2) is 24.3 Å². The van der Waals surface area contributed by atoms with Crippen LogP contribution in [-0.2, 0) is 4.74 Å². The van der Waals surface area contributed by atoms with E-state index in [2.05, 4.69) is 18.8 Å². The van der Waals surface area contributed by atoms with Gasteiger partial charge in [-0.1, -0.05) is 25.4 Å². The average Bonchev–Trinajstić information content (AvgIpc) is 3.00. The van der Waals surface area contributed by atoms with E-state index in [0.717, 1.165) is 6.42 Å². The second-order valence-corrected chi connectivity index (χ2v) is 8.28. The number of aromatic nitrogens is 1. The number of nitrogens with one attached hydrogen (secondary N) is 1. The third kappa shape index (κ3) is 5.11. The molecule has 0 saturated carbocycles. The number of carbonyl (C=O) groups is 3. The molecule has 0 bridgehead atoms. The summed E-state index contributed by atoms with van der Waals surface area (Å²) in [4.78, 5) is 43.1. The van der Waals surface area contributed by atoms with Crippen LogP contribution in [0.4, 0.5) is 0 Å². The fraction of sp³-hybridized carbons (Fsp3) is 0.435. The van der Waals surface area contributed by atoms with Gasteiger partial charge in [-0.2, -0.15) is 0 Å². The first kappa shape index (κ1) is 23.7. The molecule has 0 aliphatic rings. The minimum atomic E-state index is -0.703. The van der Waals surface area contributed by atoms with Crippen LogP contribution >= 0.6 is 11.6 Å². The summed E-state index contributed by atoms with van der Waals surface area (Å²) in [5.74, 6) is -0.611. The fourth-order valence-corrected chi connectivity index (χ4v) is 3.53. The zero-order valence-electron chi connectivity index (χ0n) is 18.3. The summed E-state index contributed by atoms with van der Waals surface area (Å²) in [6.07, 6.45) is 0.759. The molecule has 6 nitrogen and oxygen atoms in total. The zero-order valence-corrected chi connectivity index (χ0v) is 19.1. The highest BCUT2D eigenvalue weighted by Gasteiger charge is 2.31. The maximum Gasteiger partial charge on any atom is 0.354 e. The van der Waals surface area contributed by atoms with E-state index >= 15 is 0 Å². The van der Waals surface area contributed by atoms with Gasteiger partial charge in [0.25, 0.3) is 5.91 Å². The molecule has 7 heteroatoms. The maximum absolute atomic E-state index is 13.4. The molecule has 0 aliphatic heterocycles. The summed E-state index contributed by atoms with van der Waals surface area (Å²) < 4.78 is 4.79. The van der Waals surface area contributed by atoms with Gasteiger partial charge in [-0.3, -0.25) is 9.59 Å². The molecule has 2 aromatic rings. The van der Waals surface area contributed by atoms with Gasteiger partial charge in [-0.25, -0.2) is 4.79 Å². The van der Waals surface area contributed by atoms with Crippen molar-refractivity contribution in [1.82, 2.24) is 9.88 Å². The van der Waals surface area contributed by atoms with Crippen LogP contribution in [0.25, 0.3) is 0 Å². The maximum atomic E-state index is 13.4. The van der Waals surface area contributed by atoms with Gasteiger partial charge in [-0.05, 0) is 62.9 Å². The van der Waals surface area contributed by atoms with Crippen molar-refractivity contribution in [3.63, 3.8) is 0 Å². The molecule has 0 aliphatic carbocycles. The summed E-state index contributed by atoms with van der Waals surface area (Å²) in [5.41, 5.74) is 2.25. The Labute approximate surface area is 182 Å². The Balaban J connectivity index is 2.40. The number of ketones is 1. The number of benzene rings is 1. The molecule has 0 radical (unpaired) electrons. The van der Waals surface area contributed by atoms with E-state index in [0.29, 0.717) is 39.9 Å². The molecule has 1 heterocycles. The van der Waals surface area contributed by atoms with Crippen molar-refractivity contribution in [2.24, 2.45) is 5.92 Å². The topological polar surface area (TPSA) is 79.5 Å². The van der Waals surface area contributed by atoms with Gasteiger partial charge in [0, 0.05) is 28.4 Å². The van der Waals surface area contributed by atoms with Crippen LogP contribution in [0.1, 0.15) is 69.7 Å². The van der Waals surface area contributed by atoms with Crippen molar-refractivity contribution < 1.29 is 19.1 Å². The molecular weight excluding hydrogens is 404 g/mol. The van der Waals surface area contributed by atoms with Gasteiger partial charge < -0.3 is 14.6 Å². The van der Waals surface area contributed by atoms with E-state index < -0.39 is 12.0 Å². The van der Waals surface area contributed by atoms with Gasteiger partial charge in [-0.15, -0.1) is 0 Å². The molecule has 0 saturated heterocycles. The minimum Gasteiger partial charge on any atom is -0.464 e. The number of hydrogen-bond donors (Lipinski definition) is 1. The molecule has 0 unspecified atom stereocenters. The Kier molecular flexibility index (Phi) is 7.84. The minimum absolute atomic E-state index is 0.220. The largest absolute Gasteiger partial charge is 0.464 e. The van der Waals surface area contributed by atoms with Crippen LogP contribution in [0.5, 0.6) is 0 Å². The summed E-state index contributed by atoms with van der Waals surface area (Å²) in [7, 11) is 1.29. The number of rotatable bonds is 8. The van der Waals surface area contributed by atoms with Crippen LogP contribution in [0.2, 0.25) is 5.02 Å². The first-order valence-corrected chi connectivity index (χ1v) is 10.3. The number of carbonyl (C=O) groups excluding carboxylic acids is 3. The van der Waals surface area contributed by atoms with E-state index in [4.69, 9.17) is 16.3 Å². The van der Waals surface area contributed by atoms with Gasteiger partial charge in [0.05, 0.1) is 13.2 Å². The molecule has 1 atom stereocenters. The number of ether oxygens (including phenoxy) is 1. The smallest absolute Gasteiger partial charge is 0.354 e. The molecule has 1 N–H and O–H groups in total. The van der Waals surface area contributed by atoms with Crippen molar-refractivity contribution in [2.75, 3.05) is 13.7 Å². The molecular formula is C23H29ClN2O4. The monoisotopic (exact) mass is 432 g/mol. The fourth-order valence-electron chi connectivity index (χ4n) is 3.40. The van der Waals surface area contributed by atoms with Crippen molar-refractivity contribution in [2.45, 2.75) is 47.1 Å². The van der Waals surface area contributed by atoms with Gasteiger partial charge in [0.15, 0.2) is 5.78 Å². The average molecular weight is 433 g/mol. The molecule has 1 aromatic heterocycles. The van der Waals surface area contributed by atoms with E-state index in [9.17, 15) is 14.4 Å². The molecule has 2 rings (SSSR count). The van der Waals surface area contributed by atoms with Gasteiger partial charge in [0.2, 0.25) is 0 Å². The molecule has 0 fully saturated rings. The number of methoxy groups -OCH3 is 1. The predicted octanol–water partition coefficient (Wildman–Crippen LogP) is 4.83. The van der Waals surface area contributed by atoms with Crippen molar-refractivity contribution >= 4 is 29.3 Å². The number of H-pyrrole nitrogens is 1. The summed E-state index contributed by atoms with van der Waals surface area (Å²) in [6.45, 7) is 9.74. The van der Waals surface area contributed by atoms with Crippen molar-refractivity contribution in [3.8, 4) is 0 Å². The highest BCUT2D eigenvalue weighted by Crippen LogP contribution is 2.23. The van der Waals surface area contributed by atoms with Gasteiger partial charge in [0.1, 0.15) is 5.69 Å². The summed E-state index contributed by atoms with van der Waals surface area (Å²) in [6, 6.07) is 5.93. The number of esters is 1. The quantitative estimate of drug-likeness (QED) is 0.478. The standard InChI is InChI=1S/C23H29ClN2O4/c1-13(2)11-12-26(22(28)17-7-9-18(24)10-8-17)16(5)21(27)19-14(3)20(23(29)30-6)25-15(19)4/h7-10,13,16,25H,11-12H2,1-6H3/t16-/m1/s1. The molecule has 1 aromatic carbocycles. The summed E-state index contributed by atoms with van der Waals surface area (Å²) in [5, 5.41) is 0.540. The van der Waals surface area contributed by atoms with Gasteiger partial charge >= 0.3 is 5.97 Å². The number of halogens is 1. The first-order valence-electron chi connectivity index (χ1n) is 9.96. The number of amides is 1. The Morgan fingerprint density at radius 1 is 1.10 bits per heavy atom. The SMILES string of the molecule is COC(=O)c1[nH]c(C)c(C(=O)[C@@H](C)N(CCC(C)C)C(=O)c2ccc(Cl)cc2)c1C. The Morgan fingerprint density at radius 3 is 2.23 bits per heavy atom. The van der Waals surface area contributed by atoms with Crippen LogP contribution in [0, 0.1) is 19.8 Å². The van der Waals surface area contributed by atoms with Crippen LogP contribution < -0.4 is 0 Å². The molecule has 30 heavy (non-hydrogen) atoms. The number of aromatic amines is 1. The van der Waals surface area contributed by atoms with Crippen molar-refractivity contribution in [3.05, 3.63) is 57.4 Å². The number of hydrogen-bond acceptors (Lipinski definition) is 4.